The number of amides is 1. The lowest BCUT2D eigenvalue weighted by atomic mass is 10.2. The number of benzene rings is 1. The number of halogens is 1. The normalized spacial score (nSPS) is 10.2. The fraction of sp³-hybridized carbons (Fsp3) is 0.154. The molecule has 1 amide bonds. The molecule has 5 nitrogen and oxygen atoms in total. The van der Waals surface area contributed by atoms with Gasteiger partial charge in [-0.1, -0.05) is 11.6 Å². The third-order valence-corrected chi connectivity index (χ3v) is 3.72. The van der Waals surface area contributed by atoms with Crippen LogP contribution < -0.4 is 5.32 Å². The zero-order chi connectivity index (χ0) is 14.5. The Kier molecular flexibility index (Phi) is 4.70. The second-order valence-corrected chi connectivity index (χ2v) is 5.25. The van der Waals surface area contributed by atoms with E-state index in [2.05, 4.69) is 5.32 Å². The summed E-state index contributed by atoms with van der Waals surface area (Å²) in [5.41, 5.74) is 1.27. The van der Waals surface area contributed by atoms with Gasteiger partial charge >= 0.3 is 0 Å². The Morgan fingerprint density at radius 2 is 2.20 bits per heavy atom. The molecule has 20 heavy (non-hydrogen) atoms. The number of hydrogen-bond donors (Lipinski definition) is 1. The smallest absolute Gasteiger partial charge is 0.287 e. The lowest BCUT2D eigenvalue weighted by molar-refractivity contribution is -0.384. The highest BCUT2D eigenvalue weighted by Gasteiger charge is 2.14. The molecule has 0 spiro atoms. The Bertz CT molecular complexity index is 629. The molecule has 104 valence electrons. The van der Waals surface area contributed by atoms with Crippen LogP contribution in [0.3, 0.4) is 0 Å². The van der Waals surface area contributed by atoms with Gasteiger partial charge in [-0.05, 0) is 40.9 Å². The van der Waals surface area contributed by atoms with Crippen LogP contribution in [-0.2, 0) is 6.42 Å². The number of carbonyl (C=O) groups is 1. The number of thiophene rings is 1. The average molecular weight is 311 g/mol. The Morgan fingerprint density at radius 1 is 1.40 bits per heavy atom. The molecule has 0 atom stereocenters. The molecular formula is C13H11ClN2O3S. The summed E-state index contributed by atoms with van der Waals surface area (Å²) in [7, 11) is 0. The Hall–Kier alpha value is -1.92. The van der Waals surface area contributed by atoms with Crippen molar-refractivity contribution in [1.82, 2.24) is 5.32 Å². The van der Waals surface area contributed by atoms with Crippen LogP contribution in [0.25, 0.3) is 0 Å². The fourth-order valence-electron chi connectivity index (χ4n) is 1.65. The van der Waals surface area contributed by atoms with Gasteiger partial charge in [0.25, 0.3) is 11.6 Å². The lowest BCUT2D eigenvalue weighted by Crippen LogP contribution is -2.25. The maximum atomic E-state index is 11.9. The van der Waals surface area contributed by atoms with Crippen LogP contribution >= 0.6 is 22.9 Å². The van der Waals surface area contributed by atoms with E-state index >= 15 is 0 Å². The van der Waals surface area contributed by atoms with Gasteiger partial charge in [0.1, 0.15) is 5.02 Å². The van der Waals surface area contributed by atoms with Gasteiger partial charge < -0.3 is 5.32 Å². The van der Waals surface area contributed by atoms with Crippen molar-refractivity contribution in [1.29, 1.82) is 0 Å². The van der Waals surface area contributed by atoms with Crippen molar-refractivity contribution in [2.45, 2.75) is 6.42 Å². The van der Waals surface area contributed by atoms with E-state index in [0.717, 1.165) is 12.0 Å². The molecule has 1 aromatic carbocycles. The number of nitro benzene ring substituents is 1. The van der Waals surface area contributed by atoms with Crippen LogP contribution in [-0.4, -0.2) is 17.4 Å². The molecule has 0 fully saturated rings. The van der Waals surface area contributed by atoms with E-state index in [0.29, 0.717) is 12.1 Å². The van der Waals surface area contributed by atoms with E-state index in [1.54, 1.807) is 11.3 Å². The third kappa shape index (κ3) is 3.55. The fourth-order valence-corrected chi connectivity index (χ4v) is 2.61. The molecule has 0 saturated heterocycles. The van der Waals surface area contributed by atoms with Gasteiger partial charge in [0, 0.05) is 18.2 Å². The first kappa shape index (κ1) is 14.5. The molecule has 1 aromatic heterocycles. The monoisotopic (exact) mass is 310 g/mol. The molecule has 0 aliphatic rings. The first-order valence-corrected chi connectivity index (χ1v) is 7.13. The van der Waals surface area contributed by atoms with E-state index in [4.69, 9.17) is 11.6 Å². The SMILES string of the molecule is O=C(NCCc1ccsc1)c1ccc([N+](=O)[O-])c(Cl)c1. The molecular weight excluding hydrogens is 300 g/mol. The molecule has 1 N–H and O–H groups in total. The summed E-state index contributed by atoms with van der Waals surface area (Å²) < 4.78 is 0. The standard InChI is InChI=1S/C13H11ClN2O3S/c14-11-7-10(1-2-12(11)16(18)19)13(17)15-5-3-9-4-6-20-8-9/h1-2,4,6-8H,3,5H2,(H,15,17). The summed E-state index contributed by atoms with van der Waals surface area (Å²) in [5.74, 6) is -0.294. The number of carbonyl (C=O) groups excluding carboxylic acids is 1. The average Bonchev–Trinajstić information content (AvgIpc) is 2.91. The Morgan fingerprint density at radius 3 is 2.80 bits per heavy atom. The van der Waals surface area contributed by atoms with E-state index in [1.807, 2.05) is 16.8 Å². The molecule has 0 bridgehead atoms. The minimum atomic E-state index is -0.583. The van der Waals surface area contributed by atoms with Gasteiger partial charge in [-0.2, -0.15) is 11.3 Å². The quantitative estimate of drug-likeness (QED) is 0.680. The topological polar surface area (TPSA) is 72.2 Å². The zero-order valence-corrected chi connectivity index (χ0v) is 11.9. The molecule has 0 aliphatic carbocycles. The van der Waals surface area contributed by atoms with Gasteiger partial charge in [-0.3, -0.25) is 14.9 Å². The molecule has 2 rings (SSSR count). The molecule has 0 radical (unpaired) electrons. The summed E-state index contributed by atoms with van der Waals surface area (Å²) in [6, 6.07) is 5.93. The maximum Gasteiger partial charge on any atom is 0.287 e. The summed E-state index contributed by atoms with van der Waals surface area (Å²) in [6.07, 6.45) is 0.746. The summed E-state index contributed by atoms with van der Waals surface area (Å²) in [5, 5.41) is 17.3. The van der Waals surface area contributed by atoms with Crippen LogP contribution in [0.4, 0.5) is 5.69 Å². The highest BCUT2D eigenvalue weighted by molar-refractivity contribution is 7.07. The third-order valence-electron chi connectivity index (χ3n) is 2.69. The first-order valence-electron chi connectivity index (χ1n) is 5.81. The summed E-state index contributed by atoms with van der Waals surface area (Å²) in [4.78, 5) is 21.9. The van der Waals surface area contributed by atoms with Gasteiger partial charge in [0.2, 0.25) is 0 Å². The largest absolute Gasteiger partial charge is 0.352 e. The minimum absolute atomic E-state index is 0.0412. The van der Waals surface area contributed by atoms with Crippen molar-refractivity contribution < 1.29 is 9.72 Å². The molecule has 0 saturated carbocycles. The van der Waals surface area contributed by atoms with Crippen LogP contribution in [0.5, 0.6) is 0 Å². The zero-order valence-electron chi connectivity index (χ0n) is 10.3. The van der Waals surface area contributed by atoms with Crippen molar-refractivity contribution in [2.24, 2.45) is 0 Å². The van der Waals surface area contributed by atoms with Gasteiger partial charge in [0.15, 0.2) is 0 Å². The van der Waals surface area contributed by atoms with E-state index in [-0.39, 0.29) is 16.6 Å². The number of hydrogen-bond acceptors (Lipinski definition) is 4. The van der Waals surface area contributed by atoms with Gasteiger partial charge in [-0.15, -0.1) is 0 Å². The van der Waals surface area contributed by atoms with Gasteiger partial charge in [-0.25, -0.2) is 0 Å². The van der Waals surface area contributed by atoms with Crippen molar-refractivity contribution >= 4 is 34.5 Å². The number of nitrogens with one attached hydrogen (secondary N) is 1. The number of nitro groups is 1. The van der Waals surface area contributed by atoms with E-state index in [9.17, 15) is 14.9 Å². The summed E-state index contributed by atoms with van der Waals surface area (Å²) in [6.45, 7) is 0.504. The minimum Gasteiger partial charge on any atom is -0.352 e. The maximum absolute atomic E-state index is 11.9. The summed E-state index contributed by atoms with van der Waals surface area (Å²) >= 11 is 7.37. The number of rotatable bonds is 5. The van der Waals surface area contributed by atoms with E-state index in [1.165, 1.54) is 18.2 Å². The van der Waals surface area contributed by atoms with Crippen molar-refractivity contribution in [3.8, 4) is 0 Å². The van der Waals surface area contributed by atoms with Crippen molar-refractivity contribution in [2.75, 3.05) is 6.54 Å². The van der Waals surface area contributed by atoms with Crippen LogP contribution in [0.15, 0.2) is 35.0 Å². The van der Waals surface area contributed by atoms with Crippen molar-refractivity contribution in [3.05, 3.63) is 61.3 Å². The Balaban J connectivity index is 1.95. The van der Waals surface area contributed by atoms with E-state index < -0.39 is 4.92 Å². The molecule has 0 aliphatic heterocycles. The number of nitrogens with zero attached hydrogens (tertiary/aromatic N) is 1. The second-order valence-electron chi connectivity index (χ2n) is 4.06. The molecule has 2 aromatic rings. The predicted octanol–water partition coefficient (Wildman–Crippen LogP) is 3.28. The second kappa shape index (κ2) is 6.49. The van der Waals surface area contributed by atoms with Crippen LogP contribution in [0.2, 0.25) is 5.02 Å². The molecule has 1 heterocycles. The highest BCUT2D eigenvalue weighted by atomic mass is 35.5. The first-order chi connectivity index (χ1) is 9.58. The van der Waals surface area contributed by atoms with Crippen LogP contribution in [0, 0.1) is 10.1 Å². The predicted molar refractivity (Wildman–Crippen MR) is 78.5 cm³/mol. The molecule has 0 unspecified atom stereocenters. The lowest BCUT2D eigenvalue weighted by Gasteiger charge is -2.05. The highest BCUT2D eigenvalue weighted by Crippen LogP contribution is 2.24. The van der Waals surface area contributed by atoms with Crippen LogP contribution in [0.1, 0.15) is 15.9 Å². The van der Waals surface area contributed by atoms with Gasteiger partial charge in [0.05, 0.1) is 4.92 Å². The Labute approximate surface area is 124 Å². The molecule has 7 heteroatoms. The van der Waals surface area contributed by atoms with Crippen molar-refractivity contribution in [3.63, 3.8) is 0 Å².